The van der Waals surface area contributed by atoms with Gasteiger partial charge < -0.3 is 20.1 Å². The Kier molecular flexibility index (Phi) is 64.9. The number of unbranched alkanes of at least 4 members (excludes halogenated alkanes) is 48. The van der Waals surface area contributed by atoms with E-state index in [9.17, 15) is 19.0 Å². The van der Waals surface area contributed by atoms with Crippen molar-refractivity contribution in [3.8, 4) is 0 Å². The van der Waals surface area contributed by atoms with E-state index in [-0.39, 0.29) is 38.6 Å². The molecule has 3 N–H and O–H groups in total. The zero-order valence-electron chi connectivity index (χ0n) is 53.1. The molecule has 0 rings (SSSR count). The van der Waals surface area contributed by atoms with Gasteiger partial charge in [0.05, 0.1) is 13.2 Å². The lowest BCUT2D eigenvalue weighted by Gasteiger charge is -2.19. The number of phosphoric ester groups is 1. The number of ether oxygens (including phenoxy) is 2. The molecule has 0 saturated heterocycles. The van der Waals surface area contributed by atoms with Gasteiger partial charge >= 0.3 is 19.8 Å². The van der Waals surface area contributed by atoms with E-state index < -0.39 is 26.5 Å². The van der Waals surface area contributed by atoms with Crippen LogP contribution in [0.3, 0.4) is 0 Å². The van der Waals surface area contributed by atoms with Crippen molar-refractivity contribution >= 4 is 19.8 Å². The number of nitrogens with two attached hydrogens (primary N) is 1. The molecule has 2 atom stereocenters. The fourth-order valence-corrected chi connectivity index (χ4v) is 11.4. The fourth-order valence-electron chi connectivity index (χ4n) is 10.6. The summed E-state index contributed by atoms with van der Waals surface area (Å²) in [4.78, 5) is 35.3. The summed E-state index contributed by atoms with van der Waals surface area (Å²) in [6, 6.07) is 0. The monoisotopic (exact) mass is 1150 g/mol. The summed E-state index contributed by atoms with van der Waals surface area (Å²) in [7, 11) is -4.39. The predicted molar refractivity (Wildman–Crippen MR) is 344 cm³/mol. The molecule has 9 nitrogen and oxygen atoms in total. The molecule has 0 aliphatic rings. The largest absolute Gasteiger partial charge is 0.472 e. The second-order valence-corrected chi connectivity index (χ2v) is 25.2. The maximum absolute atomic E-state index is 12.8. The molecule has 0 aromatic rings. The van der Waals surface area contributed by atoms with Gasteiger partial charge in [0.25, 0.3) is 0 Å². The van der Waals surface area contributed by atoms with Crippen LogP contribution in [0.4, 0.5) is 0 Å². The van der Waals surface area contributed by atoms with E-state index in [0.717, 1.165) is 44.9 Å². The number of hydrogen-bond donors (Lipinski definition) is 2. The van der Waals surface area contributed by atoms with Crippen molar-refractivity contribution in [1.82, 2.24) is 0 Å². The van der Waals surface area contributed by atoms with Gasteiger partial charge in [-0.05, 0) is 51.4 Å². The highest BCUT2D eigenvalue weighted by atomic mass is 31.2. The topological polar surface area (TPSA) is 134 Å². The lowest BCUT2D eigenvalue weighted by Crippen LogP contribution is -2.29. The Hall–Kier alpha value is -1.77. The third-order valence-electron chi connectivity index (χ3n) is 15.8. The first-order chi connectivity index (χ1) is 39.3. The molecule has 0 fully saturated rings. The van der Waals surface area contributed by atoms with E-state index in [2.05, 4.69) is 50.3 Å². The molecule has 0 aromatic carbocycles. The van der Waals surface area contributed by atoms with Crippen molar-refractivity contribution in [2.75, 3.05) is 26.4 Å². The molecule has 0 spiro atoms. The van der Waals surface area contributed by atoms with Crippen molar-refractivity contribution in [3.63, 3.8) is 0 Å². The molecule has 0 amide bonds. The average Bonchev–Trinajstić information content (AvgIpc) is 3.45. The van der Waals surface area contributed by atoms with Gasteiger partial charge in [-0.15, -0.1) is 0 Å². The van der Waals surface area contributed by atoms with Crippen LogP contribution in [0.2, 0.25) is 0 Å². The van der Waals surface area contributed by atoms with Crippen LogP contribution in [0.15, 0.2) is 36.5 Å². The van der Waals surface area contributed by atoms with Gasteiger partial charge in [-0.2, -0.15) is 0 Å². The van der Waals surface area contributed by atoms with E-state index in [0.29, 0.717) is 6.42 Å². The van der Waals surface area contributed by atoms with Gasteiger partial charge in [-0.3, -0.25) is 18.6 Å². The van der Waals surface area contributed by atoms with Crippen molar-refractivity contribution in [1.29, 1.82) is 0 Å². The van der Waals surface area contributed by atoms with E-state index in [1.54, 1.807) is 0 Å². The summed E-state index contributed by atoms with van der Waals surface area (Å²) in [6.45, 7) is 3.81. The standard InChI is InChI=1S/C70H134NO8P/c1-3-5-7-9-11-13-15-17-19-21-23-25-26-27-28-29-30-31-32-33-34-35-36-37-38-39-40-41-42-43-45-47-49-51-53-55-57-59-61-63-70(73)79-68(67-78-80(74,75)77-65-64-71)66-76-69(72)62-60-58-56-54-52-50-48-46-44-24-22-20-18-16-14-12-10-8-6-4-2/h15,17,21,23,26-27,68H,3-14,16,18-20,22,24-25,28-67,71H2,1-2H3,(H,74,75)/b17-15-,23-21-,27-26-. The first kappa shape index (κ1) is 78.2. The normalized spacial score (nSPS) is 13.1. The molecular weight excluding hydrogens is 1010 g/mol. The van der Waals surface area contributed by atoms with Crippen LogP contribution >= 0.6 is 7.82 Å². The molecule has 0 bridgehead atoms. The third kappa shape index (κ3) is 65.4. The molecule has 80 heavy (non-hydrogen) atoms. The lowest BCUT2D eigenvalue weighted by molar-refractivity contribution is -0.161. The van der Waals surface area contributed by atoms with Gasteiger partial charge in [0, 0.05) is 19.4 Å². The molecule has 0 radical (unpaired) electrons. The second kappa shape index (κ2) is 66.4. The SMILES string of the molecule is CCCCCCC/C=C\C/C=C\C/C=C\CCCCCCCCCCCCCCCCCCCCCCCCCCC(=O)OC(COC(=O)CCCCCCCCCCCCCCCCCCCCCC)COP(=O)(O)OCCN. The first-order valence-electron chi connectivity index (χ1n) is 35.0. The number of allylic oxidation sites excluding steroid dienone is 6. The summed E-state index contributed by atoms with van der Waals surface area (Å²) in [5.74, 6) is -0.804. The van der Waals surface area contributed by atoms with Crippen LogP contribution in [0.1, 0.15) is 367 Å². The number of hydrogen-bond acceptors (Lipinski definition) is 8. The van der Waals surface area contributed by atoms with E-state index in [1.807, 2.05) is 0 Å². The molecule has 0 aromatic heterocycles. The molecule has 10 heteroatoms. The first-order valence-corrected chi connectivity index (χ1v) is 36.5. The lowest BCUT2D eigenvalue weighted by atomic mass is 10.0. The predicted octanol–water partition coefficient (Wildman–Crippen LogP) is 22.7. The zero-order valence-corrected chi connectivity index (χ0v) is 54.0. The molecule has 0 aliphatic carbocycles. The maximum Gasteiger partial charge on any atom is 0.472 e. The molecule has 0 aliphatic heterocycles. The van der Waals surface area contributed by atoms with Crippen LogP contribution in [-0.4, -0.2) is 49.3 Å². The Morgan fingerprint density at radius 3 is 0.963 bits per heavy atom. The highest BCUT2D eigenvalue weighted by molar-refractivity contribution is 7.47. The van der Waals surface area contributed by atoms with Crippen molar-refractivity contribution < 1.29 is 37.6 Å². The number of carbonyl (C=O) groups excluding carboxylic acids is 2. The van der Waals surface area contributed by atoms with Gasteiger partial charge in [-0.1, -0.05) is 339 Å². The maximum atomic E-state index is 12.8. The van der Waals surface area contributed by atoms with E-state index >= 15 is 0 Å². The Morgan fingerprint density at radius 2 is 0.650 bits per heavy atom. The van der Waals surface area contributed by atoms with Crippen molar-refractivity contribution in [2.45, 2.75) is 373 Å². The van der Waals surface area contributed by atoms with Gasteiger partial charge in [-0.25, -0.2) is 4.57 Å². The molecule has 0 saturated carbocycles. The minimum atomic E-state index is -4.39. The molecule has 2 unspecified atom stereocenters. The number of esters is 2. The third-order valence-corrected chi connectivity index (χ3v) is 16.8. The van der Waals surface area contributed by atoms with Crippen LogP contribution < -0.4 is 5.73 Å². The summed E-state index contributed by atoms with van der Waals surface area (Å²) < 4.78 is 33.2. The summed E-state index contributed by atoms with van der Waals surface area (Å²) in [5.41, 5.74) is 5.40. The minimum absolute atomic E-state index is 0.0568. The molecule has 472 valence electrons. The molecule has 0 heterocycles. The van der Waals surface area contributed by atoms with Crippen molar-refractivity contribution in [2.24, 2.45) is 5.73 Å². The van der Waals surface area contributed by atoms with Gasteiger partial charge in [0.15, 0.2) is 6.10 Å². The number of rotatable bonds is 67. The average molecular weight is 1150 g/mol. The Balaban J connectivity index is 3.77. The molecular formula is C70H134NO8P. The van der Waals surface area contributed by atoms with E-state index in [1.165, 1.54) is 289 Å². The van der Waals surface area contributed by atoms with Crippen LogP contribution in [0, 0.1) is 0 Å². The summed E-state index contributed by atoms with van der Waals surface area (Å²) in [5, 5.41) is 0. The summed E-state index contributed by atoms with van der Waals surface area (Å²) in [6.07, 6.45) is 82.5. The van der Waals surface area contributed by atoms with Gasteiger partial charge in [0.1, 0.15) is 6.61 Å². The zero-order chi connectivity index (χ0) is 58.0. The second-order valence-electron chi connectivity index (χ2n) is 23.8. The Bertz CT molecular complexity index is 1400. The quantitative estimate of drug-likeness (QED) is 0.0264. The Morgan fingerprint density at radius 1 is 0.375 bits per heavy atom. The van der Waals surface area contributed by atoms with Crippen LogP contribution in [-0.2, 0) is 32.7 Å². The minimum Gasteiger partial charge on any atom is -0.462 e. The van der Waals surface area contributed by atoms with Crippen molar-refractivity contribution in [3.05, 3.63) is 36.5 Å². The van der Waals surface area contributed by atoms with Gasteiger partial charge in [0.2, 0.25) is 0 Å². The highest BCUT2D eigenvalue weighted by Crippen LogP contribution is 2.43. The Labute approximate surface area is 496 Å². The smallest absolute Gasteiger partial charge is 0.462 e. The highest BCUT2D eigenvalue weighted by Gasteiger charge is 2.26. The number of carbonyl (C=O) groups is 2. The fraction of sp³-hybridized carbons (Fsp3) is 0.886. The van der Waals surface area contributed by atoms with Crippen LogP contribution in [0.25, 0.3) is 0 Å². The number of phosphoric acid groups is 1. The van der Waals surface area contributed by atoms with Crippen LogP contribution in [0.5, 0.6) is 0 Å². The summed E-state index contributed by atoms with van der Waals surface area (Å²) >= 11 is 0. The van der Waals surface area contributed by atoms with E-state index in [4.69, 9.17) is 24.3 Å².